The summed E-state index contributed by atoms with van der Waals surface area (Å²) >= 11 is 0. The van der Waals surface area contributed by atoms with E-state index in [1.807, 2.05) is 39.3 Å². The molecular weight excluding hydrogens is 152 g/mol. The van der Waals surface area contributed by atoms with E-state index in [9.17, 15) is 0 Å². The summed E-state index contributed by atoms with van der Waals surface area (Å²) in [5, 5.41) is 3.10. The van der Waals surface area contributed by atoms with Crippen LogP contribution in [-0.2, 0) is 13.6 Å². The zero-order valence-corrected chi connectivity index (χ0v) is 8.13. The molecule has 1 N–H and O–H groups in total. The number of hydrogen-bond donors (Lipinski definition) is 1. The molecule has 0 spiro atoms. The molecule has 0 atom stereocenters. The summed E-state index contributed by atoms with van der Waals surface area (Å²) in [6, 6.07) is 0. The second-order valence-electron chi connectivity index (χ2n) is 3.03. The first kappa shape index (κ1) is 9.06. The first-order valence-electron chi connectivity index (χ1n) is 3.99. The molecule has 0 aliphatic carbocycles. The molecule has 1 rings (SSSR count). The summed E-state index contributed by atoms with van der Waals surface area (Å²) in [5.74, 6) is 0.986. The maximum absolute atomic E-state index is 4.28. The van der Waals surface area contributed by atoms with Gasteiger partial charge < -0.3 is 14.8 Å². The van der Waals surface area contributed by atoms with Crippen LogP contribution in [0.5, 0.6) is 0 Å². The molecule has 0 bridgehead atoms. The van der Waals surface area contributed by atoms with E-state index in [-0.39, 0.29) is 0 Å². The fourth-order valence-corrected chi connectivity index (χ4v) is 1.19. The Kier molecular flexibility index (Phi) is 2.70. The smallest absolute Gasteiger partial charge is 0.204 e. The predicted octanol–water partition coefficient (Wildman–Crippen LogP) is 0.205. The van der Waals surface area contributed by atoms with Crippen molar-refractivity contribution in [2.75, 3.05) is 26.0 Å². The van der Waals surface area contributed by atoms with Crippen molar-refractivity contribution >= 4 is 5.95 Å². The van der Waals surface area contributed by atoms with Crippen molar-refractivity contribution < 1.29 is 0 Å². The number of hydrogen-bond acceptors (Lipinski definition) is 3. The Bertz CT molecular complexity index is 252. The minimum absolute atomic E-state index is 0.858. The molecule has 12 heavy (non-hydrogen) atoms. The van der Waals surface area contributed by atoms with Crippen LogP contribution in [0.15, 0.2) is 6.20 Å². The topological polar surface area (TPSA) is 33.1 Å². The molecule has 4 nitrogen and oxygen atoms in total. The third kappa shape index (κ3) is 1.58. The van der Waals surface area contributed by atoms with Gasteiger partial charge in [0.05, 0.1) is 11.9 Å². The van der Waals surface area contributed by atoms with E-state index in [4.69, 9.17) is 0 Å². The average molecular weight is 168 g/mol. The van der Waals surface area contributed by atoms with E-state index in [0.29, 0.717) is 0 Å². The van der Waals surface area contributed by atoms with Gasteiger partial charge in [0, 0.05) is 27.7 Å². The molecular formula is C8H16N4. The Morgan fingerprint density at radius 3 is 2.67 bits per heavy atom. The van der Waals surface area contributed by atoms with Crippen LogP contribution < -0.4 is 10.2 Å². The lowest BCUT2D eigenvalue weighted by Gasteiger charge is -2.12. The van der Waals surface area contributed by atoms with Gasteiger partial charge in [0.1, 0.15) is 0 Å². The Balaban J connectivity index is 2.88. The fourth-order valence-electron chi connectivity index (χ4n) is 1.19. The summed E-state index contributed by atoms with van der Waals surface area (Å²) in [7, 11) is 7.94. The molecule has 0 saturated heterocycles. The molecule has 0 aromatic carbocycles. The quantitative estimate of drug-likeness (QED) is 0.700. The number of anilines is 1. The van der Waals surface area contributed by atoms with Crippen molar-refractivity contribution in [2.45, 2.75) is 6.54 Å². The average Bonchev–Trinajstić information content (AvgIpc) is 2.34. The number of aromatic nitrogens is 2. The van der Waals surface area contributed by atoms with Crippen molar-refractivity contribution in [1.29, 1.82) is 0 Å². The normalized spacial score (nSPS) is 10.3. The van der Waals surface area contributed by atoms with E-state index < -0.39 is 0 Å². The predicted molar refractivity (Wildman–Crippen MR) is 50.3 cm³/mol. The van der Waals surface area contributed by atoms with Gasteiger partial charge in [-0.1, -0.05) is 0 Å². The van der Waals surface area contributed by atoms with Crippen LogP contribution in [0.4, 0.5) is 5.95 Å². The summed E-state index contributed by atoms with van der Waals surface area (Å²) in [5.41, 5.74) is 1.20. The lowest BCUT2D eigenvalue weighted by atomic mass is 10.5. The largest absolute Gasteiger partial charge is 0.348 e. The molecule has 0 unspecified atom stereocenters. The van der Waals surface area contributed by atoms with Gasteiger partial charge in [-0.05, 0) is 7.05 Å². The molecule has 0 aliphatic rings. The Morgan fingerprint density at radius 1 is 1.58 bits per heavy atom. The zero-order chi connectivity index (χ0) is 9.14. The zero-order valence-electron chi connectivity index (χ0n) is 8.13. The highest BCUT2D eigenvalue weighted by molar-refractivity contribution is 5.30. The van der Waals surface area contributed by atoms with Gasteiger partial charge in [-0.2, -0.15) is 0 Å². The van der Waals surface area contributed by atoms with E-state index in [1.54, 1.807) is 0 Å². The highest BCUT2D eigenvalue weighted by Crippen LogP contribution is 2.09. The van der Waals surface area contributed by atoms with Crippen molar-refractivity contribution in [2.24, 2.45) is 7.05 Å². The summed E-state index contributed by atoms with van der Waals surface area (Å²) < 4.78 is 2.08. The van der Waals surface area contributed by atoms with Gasteiger partial charge in [-0.3, -0.25) is 0 Å². The van der Waals surface area contributed by atoms with Crippen LogP contribution in [0.3, 0.4) is 0 Å². The van der Waals surface area contributed by atoms with E-state index >= 15 is 0 Å². The van der Waals surface area contributed by atoms with Gasteiger partial charge in [0.25, 0.3) is 0 Å². The molecule has 0 radical (unpaired) electrons. The number of nitrogens with zero attached hydrogens (tertiary/aromatic N) is 3. The first-order chi connectivity index (χ1) is 5.66. The number of rotatable bonds is 3. The molecule has 1 heterocycles. The highest BCUT2D eigenvalue weighted by Gasteiger charge is 2.05. The SMILES string of the molecule is CNCc1cnc(N(C)C)n1C. The minimum Gasteiger partial charge on any atom is -0.348 e. The standard InChI is InChI=1S/C8H16N4/c1-9-5-7-6-10-8(11(2)3)12(7)4/h6,9H,5H2,1-4H3. The Hall–Kier alpha value is -1.03. The second kappa shape index (κ2) is 3.58. The number of nitrogens with one attached hydrogen (secondary N) is 1. The van der Waals surface area contributed by atoms with Gasteiger partial charge in [-0.25, -0.2) is 4.98 Å². The van der Waals surface area contributed by atoms with Crippen LogP contribution in [0.1, 0.15) is 5.69 Å². The molecule has 1 aromatic heterocycles. The van der Waals surface area contributed by atoms with Crippen LogP contribution in [0, 0.1) is 0 Å². The van der Waals surface area contributed by atoms with Gasteiger partial charge in [-0.15, -0.1) is 0 Å². The molecule has 68 valence electrons. The summed E-state index contributed by atoms with van der Waals surface area (Å²) in [6.07, 6.45) is 1.89. The van der Waals surface area contributed by atoms with Crippen molar-refractivity contribution in [1.82, 2.24) is 14.9 Å². The highest BCUT2D eigenvalue weighted by atomic mass is 15.3. The fraction of sp³-hybridized carbons (Fsp3) is 0.625. The van der Waals surface area contributed by atoms with Crippen molar-refractivity contribution in [3.05, 3.63) is 11.9 Å². The third-order valence-electron chi connectivity index (χ3n) is 1.82. The van der Waals surface area contributed by atoms with Gasteiger partial charge >= 0.3 is 0 Å². The lowest BCUT2D eigenvalue weighted by Crippen LogP contribution is -2.16. The first-order valence-corrected chi connectivity index (χ1v) is 3.99. The molecule has 0 fully saturated rings. The van der Waals surface area contributed by atoms with Crippen LogP contribution in [0.2, 0.25) is 0 Å². The molecule has 4 heteroatoms. The molecule has 0 saturated carbocycles. The van der Waals surface area contributed by atoms with Crippen LogP contribution >= 0.6 is 0 Å². The minimum atomic E-state index is 0.858. The Morgan fingerprint density at radius 2 is 2.25 bits per heavy atom. The van der Waals surface area contributed by atoms with Gasteiger partial charge in [0.2, 0.25) is 5.95 Å². The van der Waals surface area contributed by atoms with E-state index in [1.165, 1.54) is 5.69 Å². The second-order valence-corrected chi connectivity index (χ2v) is 3.03. The monoisotopic (exact) mass is 168 g/mol. The van der Waals surface area contributed by atoms with Crippen molar-refractivity contribution in [3.8, 4) is 0 Å². The van der Waals surface area contributed by atoms with Crippen LogP contribution in [-0.4, -0.2) is 30.7 Å². The number of imidazole rings is 1. The Labute approximate surface area is 73.2 Å². The van der Waals surface area contributed by atoms with Gasteiger partial charge in [0.15, 0.2) is 0 Å². The molecule has 1 aromatic rings. The van der Waals surface area contributed by atoms with Crippen LogP contribution in [0.25, 0.3) is 0 Å². The summed E-state index contributed by atoms with van der Waals surface area (Å²) in [6.45, 7) is 0.858. The van der Waals surface area contributed by atoms with E-state index in [2.05, 4.69) is 14.9 Å². The summed E-state index contributed by atoms with van der Waals surface area (Å²) in [4.78, 5) is 6.28. The molecule has 0 amide bonds. The maximum atomic E-state index is 4.28. The molecule has 0 aliphatic heterocycles. The lowest BCUT2D eigenvalue weighted by molar-refractivity contribution is 0.729. The third-order valence-corrected chi connectivity index (χ3v) is 1.82. The van der Waals surface area contributed by atoms with Crippen molar-refractivity contribution in [3.63, 3.8) is 0 Å². The van der Waals surface area contributed by atoms with E-state index in [0.717, 1.165) is 12.5 Å². The maximum Gasteiger partial charge on any atom is 0.204 e.